The van der Waals surface area contributed by atoms with E-state index in [1.165, 1.54) is 62.5 Å². The smallest absolute Gasteiger partial charge is 0.203 e. The molecule has 33 heavy (non-hydrogen) atoms. The second kappa shape index (κ2) is 9.45. The average molecular weight is 466 g/mol. The summed E-state index contributed by atoms with van der Waals surface area (Å²) < 4.78 is 8.35. The van der Waals surface area contributed by atoms with Gasteiger partial charge in [-0.1, -0.05) is 51.7 Å². The maximum Gasteiger partial charge on any atom is 0.203 e. The van der Waals surface area contributed by atoms with Crippen molar-refractivity contribution in [3.63, 3.8) is 0 Å². The lowest BCUT2D eigenvalue weighted by molar-refractivity contribution is 0.405. The molecular formula is C26H35N5OS. The van der Waals surface area contributed by atoms with Gasteiger partial charge in [0, 0.05) is 12.0 Å². The molecule has 7 heteroatoms. The fourth-order valence-electron chi connectivity index (χ4n) is 5.45. The Bertz CT molecular complexity index is 1190. The highest BCUT2D eigenvalue weighted by molar-refractivity contribution is 7.71. The van der Waals surface area contributed by atoms with Gasteiger partial charge in [-0.05, 0) is 61.0 Å². The Morgan fingerprint density at radius 3 is 2.55 bits per heavy atom. The second-order valence-corrected chi connectivity index (χ2v) is 10.4. The van der Waals surface area contributed by atoms with E-state index in [4.69, 9.17) is 26.9 Å². The monoisotopic (exact) mass is 465 g/mol. The predicted octanol–water partition coefficient (Wildman–Crippen LogP) is 6.68. The summed E-state index contributed by atoms with van der Waals surface area (Å²) in [6.45, 7) is 4.97. The van der Waals surface area contributed by atoms with Crippen LogP contribution in [0.4, 0.5) is 5.82 Å². The van der Waals surface area contributed by atoms with Crippen molar-refractivity contribution in [2.24, 2.45) is 0 Å². The molecule has 2 aromatic heterocycles. The van der Waals surface area contributed by atoms with Crippen LogP contribution in [0.5, 0.6) is 5.75 Å². The summed E-state index contributed by atoms with van der Waals surface area (Å²) in [5.74, 6) is 3.70. The Morgan fingerprint density at radius 1 is 1.12 bits per heavy atom. The van der Waals surface area contributed by atoms with E-state index >= 15 is 0 Å². The maximum absolute atomic E-state index is 5.80. The van der Waals surface area contributed by atoms with Crippen molar-refractivity contribution in [2.45, 2.75) is 89.6 Å². The second-order valence-electron chi connectivity index (χ2n) is 9.99. The molecule has 2 saturated carbocycles. The number of hydrogen-bond donors (Lipinski definition) is 2. The van der Waals surface area contributed by atoms with E-state index < -0.39 is 0 Å². The number of aromatic amines is 1. The van der Waals surface area contributed by atoms with Gasteiger partial charge in [-0.2, -0.15) is 0 Å². The standard InChI is InChI=1S/C26H35N5OS/c1-16(2)23-28-22-24(27-19-10-6-7-11-19)30-26(33)31(25(22)29-23)15-17-12-13-21(32-3)20(14-17)18-8-4-5-9-18/h12-14,16,18-19H,4-11,15H2,1-3H3,(H,28,29)(H,27,30,33). The average Bonchev–Trinajstić information content (AvgIpc) is 3.58. The molecule has 0 aliphatic heterocycles. The minimum Gasteiger partial charge on any atom is -0.496 e. The number of methoxy groups -OCH3 is 1. The van der Waals surface area contributed by atoms with Gasteiger partial charge in [0.05, 0.1) is 13.7 Å². The zero-order valence-corrected chi connectivity index (χ0v) is 20.8. The number of anilines is 1. The molecule has 0 bridgehead atoms. The number of hydrogen-bond acceptors (Lipinski definition) is 5. The van der Waals surface area contributed by atoms with Crippen LogP contribution >= 0.6 is 12.2 Å². The van der Waals surface area contributed by atoms with Gasteiger partial charge in [0.2, 0.25) is 4.77 Å². The van der Waals surface area contributed by atoms with Crippen molar-refractivity contribution in [1.82, 2.24) is 19.5 Å². The molecule has 2 fully saturated rings. The predicted molar refractivity (Wildman–Crippen MR) is 136 cm³/mol. The van der Waals surface area contributed by atoms with Crippen LogP contribution in [-0.4, -0.2) is 32.7 Å². The summed E-state index contributed by atoms with van der Waals surface area (Å²) in [6, 6.07) is 7.03. The summed E-state index contributed by atoms with van der Waals surface area (Å²) in [4.78, 5) is 13.4. The van der Waals surface area contributed by atoms with E-state index in [1.54, 1.807) is 7.11 Å². The quantitative estimate of drug-likeness (QED) is 0.381. The lowest BCUT2D eigenvalue weighted by atomic mass is 9.95. The molecule has 2 heterocycles. The van der Waals surface area contributed by atoms with E-state index in [0.29, 0.717) is 29.2 Å². The van der Waals surface area contributed by atoms with Crippen LogP contribution in [0, 0.1) is 4.77 Å². The molecule has 0 saturated heterocycles. The topological polar surface area (TPSA) is 67.8 Å². The Kier molecular flexibility index (Phi) is 6.41. The zero-order valence-electron chi connectivity index (χ0n) is 20.0. The Labute approximate surface area is 201 Å². The normalized spacial score (nSPS) is 17.5. The third-order valence-corrected chi connectivity index (χ3v) is 7.62. The zero-order chi connectivity index (χ0) is 22.9. The van der Waals surface area contributed by atoms with Crippen LogP contribution in [0.3, 0.4) is 0 Å². The SMILES string of the molecule is COc1ccc(Cn2c(=S)nc(NC3CCCC3)c3[nH]c(C(C)C)nc32)cc1C1CCCC1. The minimum atomic E-state index is 0.300. The van der Waals surface area contributed by atoms with Crippen molar-refractivity contribution in [3.8, 4) is 5.75 Å². The highest BCUT2D eigenvalue weighted by Gasteiger charge is 2.23. The molecule has 2 aliphatic carbocycles. The molecule has 0 unspecified atom stereocenters. The Balaban J connectivity index is 1.54. The first-order valence-electron chi connectivity index (χ1n) is 12.5. The first kappa shape index (κ1) is 22.4. The lowest BCUT2D eigenvalue weighted by Gasteiger charge is -2.18. The molecule has 176 valence electrons. The van der Waals surface area contributed by atoms with Crippen LogP contribution in [0.1, 0.15) is 94.0 Å². The van der Waals surface area contributed by atoms with E-state index in [9.17, 15) is 0 Å². The first-order valence-corrected chi connectivity index (χ1v) is 12.9. The highest BCUT2D eigenvalue weighted by Crippen LogP contribution is 2.39. The number of aromatic nitrogens is 4. The van der Waals surface area contributed by atoms with Crippen LogP contribution in [0.25, 0.3) is 11.2 Å². The van der Waals surface area contributed by atoms with Crippen LogP contribution in [0.2, 0.25) is 0 Å². The largest absolute Gasteiger partial charge is 0.496 e. The number of nitrogens with one attached hydrogen (secondary N) is 2. The number of imidazole rings is 1. The number of H-pyrrole nitrogens is 1. The van der Waals surface area contributed by atoms with Crippen molar-refractivity contribution in [1.29, 1.82) is 0 Å². The van der Waals surface area contributed by atoms with Gasteiger partial charge < -0.3 is 15.0 Å². The lowest BCUT2D eigenvalue weighted by Crippen LogP contribution is -2.17. The summed E-state index contributed by atoms with van der Waals surface area (Å²) in [5.41, 5.74) is 4.39. The molecule has 0 amide bonds. The Hall–Kier alpha value is -2.41. The first-order chi connectivity index (χ1) is 16.0. The minimum absolute atomic E-state index is 0.300. The molecule has 0 spiro atoms. The Morgan fingerprint density at radius 2 is 1.85 bits per heavy atom. The van der Waals surface area contributed by atoms with Crippen molar-refractivity contribution >= 4 is 29.2 Å². The van der Waals surface area contributed by atoms with Crippen molar-refractivity contribution < 1.29 is 4.74 Å². The summed E-state index contributed by atoms with van der Waals surface area (Å²) in [6.07, 6.45) is 10.00. The van der Waals surface area contributed by atoms with Crippen LogP contribution < -0.4 is 10.1 Å². The number of fused-ring (bicyclic) bond motifs is 1. The van der Waals surface area contributed by atoms with Crippen molar-refractivity contribution in [2.75, 3.05) is 12.4 Å². The molecule has 0 atom stereocenters. The number of ether oxygens (including phenoxy) is 1. The van der Waals surface area contributed by atoms with Gasteiger partial charge in [0.15, 0.2) is 11.5 Å². The number of rotatable bonds is 7. The molecule has 6 nitrogen and oxygen atoms in total. The van der Waals surface area contributed by atoms with E-state index in [0.717, 1.165) is 28.6 Å². The molecule has 2 aliphatic rings. The summed E-state index contributed by atoms with van der Waals surface area (Å²) in [5, 5.41) is 3.65. The molecule has 3 aromatic rings. The summed E-state index contributed by atoms with van der Waals surface area (Å²) >= 11 is 5.80. The highest BCUT2D eigenvalue weighted by atomic mass is 32.1. The van der Waals surface area contributed by atoms with Gasteiger partial charge in [-0.15, -0.1) is 0 Å². The summed E-state index contributed by atoms with van der Waals surface area (Å²) in [7, 11) is 1.77. The molecule has 0 radical (unpaired) electrons. The third kappa shape index (κ3) is 4.52. The van der Waals surface area contributed by atoms with E-state index in [-0.39, 0.29) is 0 Å². The van der Waals surface area contributed by atoms with Crippen molar-refractivity contribution in [3.05, 3.63) is 39.9 Å². The molecule has 2 N–H and O–H groups in total. The number of nitrogens with zero attached hydrogens (tertiary/aromatic N) is 3. The van der Waals surface area contributed by atoms with Gasteiger partial charge in [-0.25, -0.2) is 9.97 Å². The maximum atomic E-state index is 5.80. The van der Waals surface area contributed by atoms with Gasteiger partial charge in [0.1, 0.15) is 17.1 Å². The van der Waals surface area contributed by atoms with E-state index in [1.807, 2.05) is 0 Å². The van der Waals surface area contributed by atoms with Gasteiger partial charge in [0.25, 0.3) is 0 Å². The third-order valence-electron chi connectivity index (χ3n) is 7.31. The van der Waals surface area contributed by atoms with Crippen LogP contribution in [-0.2, 0) is 6.54 Å². The van der Waals surface area contributed by atoms with Gasteiger partial charge in [-0.3, -0.25) is 4.57 Å². The van der Waals surface area contributed by atoms with Gasteiger partial charge >= 0.3 is 0 Å². The fraction of sp³-hybridized carbons (Fsp3) is 0.577. The molecular weight excluding hydrogens is 430 g/mol. The molecule has 1 aromatic carbocycles. The number of benzene rings is 1. The van der Waals surface area contributed by atoms with Crippen LogP contribution in [0.15, 0.2) is 18.2 Å². The molecule has 5 rings (SSSR count). The fourth-order valence-corrected chi connectivity index (χ4v) is 5.69. The van der Waals surface area contributed by atoms with E-state index in [2.05, 4.69) is 46.9 Å².